The van der Waals surface area contributed by atoms with Crippen LogP contribution in [0.15, 0.2) is 127 Å². The van der Waals surface area contributed by atoms with Gasteiger partial charge in [0.2, 0.25) is 0 Å². The molecule has 0 unspecified atom stereocenters. The number of anilines is 4. The molecular weight excluding hydrogens is 868 g/mol. The molecule has 0 amide bonds. The smallest absolute Gasteiger partial charge is 0.196 e. The Morgan fingerprint density at radius 3 is 1.18 bits per heavy atom. The molecule has 0 radical (unpaired) electrons. The number of fused-ring (bicyclic) bond motifs is 6. The number of halogens is 1. The number of ketones is 4. The number of ether oxygens (including phenoxy) is 4. The lowest BCUT2D eigenvalue weighted by atomic mass is 9.82. The Labute approximate surface area is 392 Å². The topological polar surface area (TPSA) is 153 Å². The molecule has 12 nitrogen and oxygen atoms in total. The lowest BCUT2D eigenvalue weighted by molar-refractivity contribution is 0.0557. The van der Waals surface area contributed by atoms with Crippen molar-refractivity contribution in [3.05, 3.63) is 177 Å². The van der Waals surface area contributed by atoms with Crippen LogP contribution < -0.4 is 21.3 Å². The highest BCUT2D eigenvalue weighted by atomic mass is 35.5. The maximum atomic E-state index is 13.9. The molecule has 7 aromatic carbocycles. The molecule has 0 bridgehead atoms. The van der Waals surface area contributed by atoms with Crippen molar-refractivity contribution in [1.29, 1.82) is 0 Å². The first-order chi connectivity index (χ1) is 32.9. The van der Waals surface area contributed by atoms with Gasteiger partial charge in [-0.2, -0.15) is 0 Å². The normalized spacial score (nSPS) is 12.7. The van der Waals surface area contributed by atoms with E-state index >= 15 is 0 Å². The SMILES string of the molecule is O=C1c2ccccc2C(=O)c2c(NCCOCCOCCNc3cccc4c3C(=O)c3cccc(NCCOCCOCCNc5cccc6cc7c(Cl)cccc7cc56)c3C4=O)cccc21. The molecule has 0 saturated carbocycles. The van der Waals surface area contributed by atoms with Crippen LogP contribution in [0.25, 0.3) is 21.5 Å². The van der Waals surface area contributed by atoms with E-state index < -0.39 is 0 Å². The van der Waals surface area contributed by atoms with Crippen molar-refractivity contribution < 1.29 is 38.1 Å². The van der Waals surface area contributed by atoms with Gasteiger partial charge >= 0.3 is 0 Å². The summed E-state index contributed by atoms with van der Waals surface area (Å²) in [7, 11) is 0. The van der Waals surface area contributed by atoms with Gasteiger partial charge in [0.15, 0.2) is 23.1 Å². The number of hydrogen-bond acceptors (Lipinski definition) is 12. The second-order valence-electron chi connectivity index (χ2n) is 16.0. The molecule has 340 valence electrons. The van der Waals surface area contributed by atoms with E-state index in [0.717, 1.165) is 32.3 Å². The predicted octanol–water partition coefficient (Wildman–Crippen LogP) is 9.31. The quantitative estimate of drug-likeness (QED) is 0.0379. The third-order valence-electron chi connectivity index (χ3n) is 11.8. The van der Waals surface area contributed by atoms with Crippen LogP contribution in [0.2, 0.25) is 5.02 Å². The number of rotatable bonds is 22. The molecule has 4 N–H and O–H groups in total. The number of carbonyl (C=O) groups is 4. The molecule has 0 aromatic heterocycles. The maximum absolute atomic E-state index is 13.9. The lowest BCUT2D eigenvalue weighted by Gasteiger charge is -2.23. The van der Waals surface area contributed by atoms with Crippen LogP contribution in [0.5, 0.6) is 0 Å². The molecule has 0 heterocycles. The van der Waals surface area contributed by atoms with Gasteiger partial charge in [-0.1, -0.05) is 96.5 Å². The van der Waals surface area contributed by atoms with Gasteiger partial charge in [0.25, 0.3) is 0 Å². The largest absolute Gasteiger partial charge is 0.382 e. The van der Waals surface area contributed by atoms with E-state index in [0.29, 0.717) is 141 Å². The molecule has 7 aromatic rings. The second-order valence-corrected chi connectivity index (χ2v) is 16.5. The first-order valence-corrected chi connectivity index (χ1v) is 22.8. The molecule has 2 aliphatic carbocycles. The minimum Gasteiger partial charge on any atom is -0.382 e. The van der Waals surface area contributed by atoms with E-state index in [4.69, 9.17) is 30.5 Å². The van der Waals surface area contributed by atoms with Gasteiger partial charge in [-0.15, -0.1) is 0 Å². The molecule has 0 atom stereocenters. The van der Waals surface area contributed by atoms with E-state index in [1.165, 1.54) is 0 Å². The average Bonchev–Trinajstić information content (AvgIpc) is 3.35. The van der Waals surface area contributed by atoms with Gasteiger partial charge in [-0.05, 0) is 53.2 Å². The van der Waals surface area contributed by atoms with Crippen LogP contribution in [0.3, 0.4) is 0 Å². The van der Waals surface area contributed by atoms with Gasteiger partial charge in [-0.3, -0.25) is 19.2 Å². The van der Waals surface area contributed by atoms with E-state index in [1.54, 1.807) is 78.9 Å². The Kier molecular flexibility index (Phi) is 14.3. The van der Waals surface area contributed by atoms with Gasteiger partial charge in [0.05, 0.1) is 69.5 Å². The third kappa shape index (κ3) is 9.81. The Bertz CT molecular complexity index is 3010. The molecule has 2 aliphatic rings. The van der Waals surface area contributed by atoms with E-state index in [9.17, 15) is 19.2 Å². The van der Waals surface area contributed by atoms with E-state index in [1.807, 2.05) is 18.2 Å². The average molecular weight is 917 g/mol. The third-order valence-corrected chi connectivity index (χ3v) is 12.2. The number of benzene rings is 7. The fourth-order valence-electron chi connectivity index (χ4n) is 8.67. The fraction of sp³-hybridized carbons (Fsp3) is 0.222. The summed E-state index contributed by atoms with van der Waals surface area (Å²) in [6.45, 7) is 5.06. The van der Waals surface area contributed by atoms with Gasteiger partial charge in [0, 0.05) is 92.5 Å². The summed E-state index contributed by atoms with van der Waals surface area (Å²) in [5.41, 5.74) is 5.79. The van der Waals surface area contributed by atoms with Crippen molar-refractivity contribution in [2.75, 3.05) is 100 Å². The first kappa shape index (κ1) is 45.2. The van der Waals surface area contributed by atoms with Gasteiger partial charge < -0.3 is 40.2 Å². The number of hydrogen-bond donors (Lipinski definition) is 4. The molecule has 0 aliphatic heterocycles. The second kappa shape index (κ2) is 21.1. The first-order valence-electron chi connectivity index (χ1n) is 22.4. The lowest BCUT2D eigenvalue weighted by Crippen LogP contribution is -2.25. The summed E-state index contributed by atoms with van der Waals surface area (Å²) in [6.07, 6.45) is 0. The molecular formula is C54H49ClN4O8. The van der Waals surface area contributed by atoms with E-state index in [-0.39, 0.29) is 23.1 Å². The van der Waals surface area contributed by atoms with Crippen molar-refractivity contribution in [2.24, 2.45) is 0 Å². The van der Waals surface area contributed by atoms with Crippen LogP contribution >= 0.6 is 11.6 Å². The summed E-state index contributed by atoms with van der Waals surface area (Å²) in [6, 6.07) is 39.0. The number of carbonyl (C=O) groups excluding carboxylic acids is 4. The molecule has 0 fully saturated rings. The Morgan fingerprint density at radius 2 is 0.687 bits per heavy atom. The summed E-state index contributed by atoms with van der Waals surface area (Å²) < 4.78 is 23.1. The van der Waals surface area contributed by atoms with Crippen molar-refractivity contribution in [3.8, 4) is 0 Å². The van der Waals surface area contributed by atoms with Crippen molar-refractivity contribution in [3.63, 3.8) is 0 Å². The molecule has 13 heteroatoms. The monoisotopic (exact) mass is 916 g/mol. The minimum atomic E-state index is -0.224. The van der Waals surface area contributed by atoms with E-state index in [2.05, 4.69) is 51.6 Å². The Morgan fingerprint density at radius 1 is 0.343 bits per heavy atom. The van der Waals surface area contributed by atoms with Crippen molar-refractivity contribution >= 4 is 79.0 Å². The minimum absolute atomic E-state index is 0.159. The standard InChI is InChI=1S/C54H49ClN4O8/c55-43-15-3-8-34-33-42-35(32-41(34)43)9-4-16-44(42)56-20-24-64-28-29-66-26-22-58-46-18-6-13-39-49(46)53(62)40-14-7-19-47(50(40)54(39)63)59-23-27-67-31-30-65-25-21-57-45-17-5-12-38-48(45)52(61)37-11-2-1-10-36(37)51(38)60/h1-19,32-33,56-59H,20-31H2. The summed E-state index contributed by atoms with van der Waals surface area (Å²) in [5.74, 6) is -0.779. The zero-order chi connectivity index (χ0) is 46.1. The van der Waals surface area contributed by atoms with Crippen LogP contribution in [0, 0.1) is 0 Å². The van der Waals surface area contributed by atoms with Crippen LogP contribution in [-0.4, -0.2) is 102 Å². The van der Waals surface area contributed by atoms with Crippen molar-refractivity contribution in [1.82, 2.24) is 0 Å². The van der Waals surface area contributed by atoms with Crippen LogP contribution in [-0.2, 0) is 18.9 Å². The number of nitrogens with one attached hydrogen (secondary N) is 4. The van der Waals surface area contributed by atoms with Crippen LogP contribution in [0.4, 0.5) is 22.7 Å². The highest BCUT2D eigenvalue weighted by Gasteiger charge is 2.34. The maximum Gasteiger partial charge on any atom is 0.196 e. The Balaban J connectivity index is 0.666. The van der Waals surface area contributed by atoms with Gasteiger partial charge in [-0.25, -0.2) is 0 Å². The summed E-state index contributed by atoms with van der Waals surface area (Å²) >= 11 is 6.42. The summed E-state index contributed by atoms with van der Waals surface area (Å²) in [4.78, 5) is 54.1. The molecule has 0 saturated heterocycles. The zero-order valence-corrected chi connectivity index (χ0v) is 37.5. The molecule has 9 rings (SSSR count). The zero-order valence-electron chi connectivity index (χ0n) is 36.8. The van der Waals surface area contributed by atoms with Gasteiger partial charge in [0.1, 0.15) is 0 Å². The summed E-state index contributed by atoms with van der Waals surface area (Å²) in [5, 5.41) is 18.4. The predicted molar refractivity (Wildman–Crippen MR) is 263 cm³/mol. The highest BCUT2D eigenvalue weighted by Crippen LogP contribution is 2.36. The van der Waals surface area contributed by atoms with Crippen molar-refractivity contribution in [2.45, 2.75) is 0 Å². The molecule has 0 spiro atoms. The highest BCUT2D eigenvalue weighted by molar-refractivity contribution is 6.36. The van der Waals surface area contributed by atoms with Crippen LogP contribution in [0.1, 0.15) is 63.7 Å². The molecule has 67 heavy (non-hydrogen) atoms. The Hall–Kier alpha value is -6.93. The fourth-order valence-corrected chi connectivity index (χ4v) is 8.91.